The molecular formula is C16H18OSi. The van der Waals surface area contributed by atoms with E-state index in [0.717, 1.165) is 10.4 Å². The summed E-state index contributed by atoms with van der Waals surface area (Å²) in [6.07, 6.45) is 1.85. The van der Waals surface area contributed by atoms with E-state index in [-0.39, 0.29) is 5.54 Å². The normalized spacial score (nSPS) is 13.0. The molecule has 1 N–H and O–H groups in total. The molecule has 0 aromatic heterocycles. The van der Waals surface area contributed by atoms with Crippen LogP contribution in [0.15, 0.2) is 73.3 Å². The van der Waals surface area contributed by atoms with Crippen LogP contribution in [0.5, 0.6) is 0 Å². The number of hydrogen-bond donors (Lipinski definition) is 1. The van der Waals surface area contributed by atoms with Gasteiger partial charge in [0.25, 0.3) is 8.32 Å². The monoisotopic (exact) mass is 254 g/mol. The van der Waals surface area contributed by atoms with Crippen LogP contribution in [0.1, 0.15) is 6.92 Å². The van der Waals surface area contributed by atoms with Crippen molar-refractivity contribution in [1.29, 1.82) is 0 Å². The molecule has 1 unspecified atom stereocenters. The lowest BCUT2D eigenvalue weighted by atomic mass is 10.4. The summed E-state index contributed by atoms with van der Waals surface area (Å²) in [6.45, 7) is 5.89. The van der Waals surface area contributed by atoms with Crippen LogP contribution in [-0.2, 0) is 0 Å². The van der Waals surface area contributed by atoms with E-state index in [1.54, 1.807) is 0 Å². The van der Waals surface area contributed by atoms with Crippen LogP contribution < -0.4 is 10.4 Å². The van der Waals surface area contributed by atoms with Crippen molar-refractivity contribution >= 4 is 18.7 Å². The summed E-state index contributed by atoms with van der Waals surface area (Å²) in [5.74, 6) is 0. The smallest absolute Gasteiger partial charge is 0.259 e. The molecule has 0 radical (unpaired) electrons. The van der Waals surface area contributed by atoms with Gasteiger partial charge in [-0.3, -0.25) is 0 Å². The molecule has 0 saturated heterocycles. The molecular weight excluding hydrogens is 236 g/mol. The molecule has 0 aliphatic rings. The molecule has 2 aromatic rings. The van der Waals surface area contributed by atoms with E-state index in [9.17, 15) is 4.80 Å². The minimum Gasteiger partial charge on any atom is -0.423 e. The van der Waals surface area contributed by atoms with E-state index >= 15 is 0 Å². The van der Waals surface area contributed by atoms with Crippen molar-refractivity contribution in [1.82, 2.24) is 0 Å². The highest BCUT2D eigenvalue weighted by Crippen LogP contribution is 2.19. The van der Waals surface area contributed by atoms with Gasteiger partial charge in [0.2, 0.25) is 0 Å². The van der Waals surface area contributed by atoms with Crippen molar-refractivity contribution in [2.45, 2.75) is 12.5 Å². The molecule has 2 heteroatoms. The van der Waals surface area contributed by atoms with Crippen LogP contribution in [-0.4, -0.2) is 13.1 Å². The zero-order chi connectivity index (χ0) is 13.0. The van der Waals surface area contributed by atoms with Gasteiger partial charge in [-0.05, 0) is 10.4 Å². The first-order valence-corrected chi connectivity index (χ1v) is 8.18. The first-order chi connectivity index (χ1) is 8.69. The summed E-state index contributed by atoms with van der Waals surface area (Å²) in [5, 5.41) is 2.06. The molecule has 1 nitrogen and oxygen atoms in total. The molecule has 92 valence electrons. The lowest BCUT2D eigenvalue weighted by Gasteiger charge is -2.30. The predicted molar refractivity (Wildman–Crippen MR) is 79.7 cm³/mol. The van der Waals surface area contributed by atoms with Gasteiger partial charge in [0, 0.05) is 5.54 Å². The topological polar surface area (TPSA) is 20.2 Å². The average Bonchev–Trinajstić information content (AvgIpc) is 2.47. The van der Waals surface area contributed by atoms with Crippen LogP contribution >= 0.6 is 0 Å². The lowest BCUT2D eigenvalue weighted by molar-refractivity contribution is 0.556. The van der Waals surface area contributed by atoms with Crippen LogP contribution in [0, 0.1) is 0 Å². The molecule has 1 atom stereocenters. The first-order valence-electron chi connectivity index (χ1n) is 6.15. The number of allylic oxidation sites excluding steroid dienone is 1. The highest BCUT2D eigenvalue weighted by molar-refractivity contribution is 6.97. The van der Waals surface area contributed by atoms with Crippen LogP contribution in [0.3, 0.4) is 0 Å². The van der Waals surface area contributed by atoms with Gasteiger partial charge < -0.3 is 4.80 Å². The third-order valence-corrected chi connectivity index (χ3v) is 7.42. The predicted octanol–water partition coefficient (Wildman–Crippen LogP) is 2.31. The molecule has 0 heterocycles. The molecule has 0 aliphatic heterocycles. The van der Waals surface area contributed by atoms with Crippen LogP contribution in [0.4, 0.5) is 0 Å². The quantitative estimate of drug-likeness (QED) is 0.656. The summed E-state index contributed by atoms with van der Waals surface area (Å²) < 4.78 is 0. The van der Waals surface area contributed by atoms with Crippen molar-refractivity contribution in [3.8, 4) is 0 Å². The average molecular weight is 254 g/mol. The Kier molecular flexibility index (Phi) is 3.80. The first kappa shape index (κ1) is 12.8. The second-order valence-electron chi connectivity index (χ2n) is 4.52. The van der Waals surface area contributed by atoms with Gasteiger partial charge in [-0.1, -0.05) is 73.7 Å². The van der Waals surface area contributed by atoms with Crippen LogP contribution in [0.2, 0.25) is 5.54 Å². The maximum atomic E-state index is 11.3. The fraction of sp³-hybridized carbons (Fsp3) is 0.125. The molecule has 0 spiro atoms. The van der Waals surface area contributed by atoms with E-state index in [0.29, 0.717) is 0 Å². The molecule has 0 amide bonds. The Balaban J connectivity index is 2.59. The Labute approximate surface area is 110 Å². The molecule has 2 aromatic carbocycles. The van der Waals surface area contributed by atoms with Gasteiger partial charge in [0.15, 0.2) is 0 Å². The summed E-state index contributed by atoms with van der Waals surface area (Å²) in [5.41, 5.74) is 0.0716. The number of hydrogen-bond acceptors (Lipinski definition) is 1. The third-order valence-electron chi connectivity index (χ3n) is 3.44. The Morgan fingerprint density at radius 3 is 1.67 bits per heavy atom. The minimum atomic E-state index is -2.72. The lowest BCUT2D eigenvalue weighted by Crippen LogP contribution is -2.61. The highest BCUT2D eigenvalue weighted by Gasteiger charge is 2.39. The van der Waals surface area contributed by atoms with Gasteiger partial charge in [-0.25, -0.2) is 0 Å². The van der Waals surface area contributed by atoms with Gasteiger partial charge in [0.1, 0.15) is 0 Å². The fourth-order valence-corrected chi connectivity index (χ4v) is 5.37. The molecule has 0 aliphatic carbocycles. The standard InChI is InChI=1S/C16H18OSi/c1-3-14(2)18(17,15-10-6-4-7-11-15)16-12-8-5-9-13-16/h3-14,17H,1H2,2H3. The van der Waals surface area contributed by atoms with Crippen molar-refractivity contribution in [3.05, 3.63) is 73.3 Å². The Bertz CT molecular complexity index is 468. The Morgan fingerprint density at radius 1 is 0.944 bits per heavy atom. The molecule has 2 rings (SSSR count). The van der Waals surface area contributed by atoms with Crippen molar-refractivity contribution < 1.29 is 4.80 Å². The number of rotatable bonds is 4. The van der Waals surface area contributed by atoms with Crippen LogP contribution in [0.25, 0.3) is 0 Å². The molecule has 0 saturated carbocycles. The van der Waals surface area contributed by atoms with Crippen molar-refractivity contribution in [2.24, 2.45) is 0 Å². The van der Waals surface area contributed by atoms with E-state index in [4.69, 9.17) is 0 Å². The van der Waals surface area contributed by atoms with Gasteiger partial charge in [0.05, 0.1) is 0 Å². The highest BCUT2D eigenvalue weighted by atomic mass is 28.4. The van der Waals surface area contributed by atoms with E-state index in [1.165, 1.54) is 0 Å². The van der Waals surface area contributed by atoms with Gasteiger partial charge in [-0.2, -0.15) is 0 Å². The van der Waals surface area contributed by atoms with Crippen molar-refractivity contribution in [2.75, 3.05) is 0 Å². The summed E-state index contributed by atoms with van der Waals surface area (Å²) >= 11 is 0. The zero-order valence-corrected chi connectivity index (χ0v) is 11.6. The maximum Gasteiger partial charge on any atom is 0.259 e. The fourth-order valence-electron chi connectivity index (χ4n) is 2.25. The van der Waals surface area contributed by atoms with Gasteiger partial charge in [-0.15, -0.1) is 6.58 Å². The Hall–Kier alpha value is -1.64. The molecule has 0 bridgehead atoms. The number of benzene rings is 2. The SMILES string of the molecule is C=CC(C)[Si](O)(c1ccccc1)c1ccccc1. The van der Waals surface area contributed by atoms with E-state index < -0.39 is 8.32 Å². The Morgan fingerprint density at radius 2 is 1.33 bits per heavy atom. The maximum absolute atomic E-state index is 11.3. The van der Waals surface area contributed by atoms with E-state index in [2.05, 4.69) is 6.58 Å². The molecule has 18 heavy (non-hydrogen) atoms. The third kappa shape index (κ3) is 2.17. The largest absolute Gasteiger partial charge is 0.423 e. The van der Waals surface area contributed by atoms with Gasteiger partial charge >= 0.3 is 0 Å². The summed E-state index contributed by atoms with van der Waals surface area (Å²) in [7, 11) is -2.72. The van der Waals surface area contributed by atoms with Crippen molar-refractivity contribution in [3.63, 3.8) is 0 Å². The zero-order valence-electron chi connectivity index (χ0n) is 10.6. The summed E-state index contributed by atoms with van der Waals surface area (Å²) in [6, 6.07) is 19.9. The second-order valence-corrected chi connectivity index (χ2v) is 8.12. The second kappa shape index (κ2) is 5.34. The molecule has 0 fully saturated rings. The minimum absolute atomic E-state index is 0.0716. The van der Waals surface area contributed by atoms with E-state index in [1.807, 2.05) is 73.7 Å². The summed E-state index contributed by atoms with van der Waals surface area (Å²) in [4.78, 5) is 11.3.